The highest BCUT2D eigenvalue weighted by Crippen LogP contribution is 2.46. The van der Waals surface area contributed by atoms with Crippen molar-refractivity contribution in [2.45, 2.75) is 31.2 Å². The van der Waals surface area contributed by atoms with Gasteiger partial charge in [-0.2, -0.15) is 0 Å². The lowest BCUT2D eigenvalue weighted by Crippen LogP contribution is -2.49. The first kappa shape index (κ1) is 18.7. The van der Waals surface area contributed by atoms with E-state index in [1.165, 1.54) is 13.2 Å². The van der Waals surface area contributed by atoms with E-state index in [0.29, 0.717) is 23.6 Å². The third-order valence-corrected chi connectivity index (χ3v) is 6.27. The van der Waals surface area contributed by atoms with Crippen LogP contribution < -0.4 is 15.4 Å². The van der Waals surface area contributed by atoms with Crippen molar-refractivity contribution < 1.29 is 13.9 Å². The number of pyridine rings is 1. The summed E-state index contributed by atoms with van der Waals surface area (Å²) in [6, 6.07) is 8.54. The highest BCUT2D eigenvalue weighted by molar-refractivity contribution is 6.04. The van der Waals surface area contributed by atoms with Gasteiger partial charge in [0.25, 0.3) is 5.91 Å². The van der Waals surface area contributed by atoms with Crippen LogP contribution in [0.5, 0.6) is 5.75 Å². The van der Waals surface area contributed by atoms with Crippen LogP contribution in [-0.4, -0.2) is 29.1 Å². The lowest BCUT2D eigenvalue weighted by molar-refractivity contribution is 0.0874. The van der Waals surface area contributed by atoms with E-state index in [0.717, 1.165) is 36.8 Å². The average molecular weight is 406 g/mol. The third-order valence-electron chi connectivity index (χ3n) is 6.27. The summed E-state index contributed by atoms with van der Waals surface area (Å²) in [5.74, 6) is -0.478. The maximum Gasteiger partial charge on any atom is 0.270 e. The first-order valence-electron chi connectivity index (χ1n) is 10.2. The van der Waals surface area contributed by atoms with Gasteiger partial charge in [-0.1, -0.05) is 18.9 Å². The molecule has 1 spiro atoms. The number of anilines is 2. The zero-order chi connectivity index (χ0) is 20.7. The molecule has 0 bridgehead atoms. The SMILES string of the molecule is COc1c(F)cccc1Nc1c(-c2ccncc2)cn2c1C(=O)NCC21CCCC1. The molecule has 2 aliphatic rings. The normalized spacial score (nSPS) is 16.9. The number of halogens is 1. The minimum absolute atomic E-state index is 0.114. The van der Waals surface area contributed by atoms with Gasteiger partial charge in [0.2, 0.25) is 0 Å². The fourth-order valence-corrected chi connectivity index (χ4v) is 4.79. The second kappa shape index (κ2) is 7.16. The quantitative estimate of drug-likeness (QED) is 0.672. The summed E-state index contributed by atoms with van der Waals surface area (Å²) in [6.07, 6.45) is 9.83. The summed E-state index contributed by atoms with van der Waals surface area (Å²) < 4.78 is 21.7. The molecule has 3 heterocycles. The summed E-state index contributed by atoms with van der Waals surface area (Å²) >= 11 is 0. The number of nitrogens with one attached hydrogen (secondary N) is 2. The lowest BCUT2D eigenvalue weighted by Gasteiger charge is -2.37. The predicted octanol–water partition coefficient (Wildman–Crippen LogP) is 4.45. The summed E-state index contributed by atoms with van der Waals surface area (Å²) in [5, 5.41) is 6.39. The van der Waals surface area contributed by atoms with Crippen molar-refractivity contribution in [2.24, 2.45) is 0 Å². The van der Waals surface area contributed by atoms with Crippen molar-refractivity contribution in [3.63, 3.8) is 0 Å². The van der Waals surface area contributed by atoms with Crippen LogP contribution in [-0.2, 0) is 5.54 Å². The topological polar surface area (TPSA) is 68.2 Å². The molecule has 2 aromatic heterocycles. The Morgan fingerprint density at radius 3 is 2.70 bits per heavy atom. The molecule has 1 saturated carbocycles. The van der Waals surface area contributed by atoms with Gasteiger partial charge in [-0.05, 0) is 42.7 Å². The number of rotatable bonds is 4. The predicted molar refractivity (Wildman–Crippen MR) is 113 cm³/mol. The Balaban J connectivity index is 1.72. The summed E-state index contributed by atoms with van der Waals surface area (Å²) in [6.45, 7) is 0.631. The van der Waals surface area contributed by atoms with Crippen molar-refractivity contribution >= 4 is 17.3 Å². The molecule has 3 aromatic rings. The molecule has 0 unspecified atom stereocenters. The van der Waals surface area contributed by atoms with Crippen LogP contribution in [0.2, 0.25) is 0 Å². The number of carbonyl (C=O) groups excluding carboxylic acids is 1. The fraction of sp³-hybridized carbons (Fsp3) is 0.304. The van der Waals surface area contributed by atoms with Gasteiger partial charge in [-0.3, -0.25) is 9.78 Å². The first-order valence-corrected chi connectivity index (χ1v) is 10.2. The van der Waals surface area contributed by atoms with Crippen LogP contribution in [0.25, 0.3) is 11.1 Å². The van der Waals surface area contributed by atoms with Crippen molar-refractivity contribution in [1.29, 1.82) is 0 Å². The van der Waals surface area contributed by atoms with Gasteiger partial charge in [0, 0.05) is 30.7 Å². The minimum atomic E-state index is -0.460. The molecule has 30 heavy (non-hydrogen) atoms. The van der Waals surface area contributed by atoms with Crippen LogP contribution in [0.4, 0.5) is 15.8 Å². The zero-order valence-corrected chi connectivity index (χ0v) is 16.7. The zero-order valence-electron chi connectivity index (χ0n) is 16.7. The Bertz CT molecular complexity index is 1100. The van der Waals surface area contributed by atoms with Crippen molar-refractivity contribution in [2.75, 3.05) is 19.0 Å². The molecule has 5 rings (SSSR count). The summed E-state index contributed by atoms with van der Waals surface area (Å²) in [5.41, 5.74) is 3.39. The minimum Gasteiger partial charge on any atom is -0.492 e. The first-order chi connectivity index (χ1) is 14.6. The molecule has 154 valence electrons. The highest BCUT2D eigenvalue weighted by atomic mass is 19.1. The summed E-state index contributed by atoms with van der Waals surface area (Å²) in [7, 11) is 1.43. The summed E-state index contributed by atoms with van der Waals surface area (Å²) in [4.78, 5) is 17.1. The lowest BCUT2D eigenvalue weighted by atomic mass is 9.94. The smallest absolute Gasteiger partial charge is 0.270 e. The van der Waals surface area contributed by atoms with E-state index in [-0.39, 0.29) is 17.2 Å². The number of hydrogen-bond acceptors (Lipinski definition) is 4. The molecular weight excluding hydrogens is 383 g/mol. The number of para-hydroxylation sites is 1. The van der Waals surface area contributed by atoms with Crippen LogP contribution in [0.15, 0.2) is 48.9 Å². The van der Waals surface area contributed by atoms with E-state index in [9.17, 15) is 9.18 Å². The standard InChI is InChI=1S/C23H23FN4O2/c1-30-21-17(24)5-4-6-18(21)27-19-16(15-7-11-25-12-8-15)13-28-20(19)22(29)26-14-23(28)9-2-3-10-23/h4-8,11-13,27H,2-3,9-10,14H2,1H3,(H,26,29). The van der Waals surface area contributed by atoms with Gasteiger partial charge in [-0.25, -0.2) is 4.39 Å². The van der Waals surface area contributed by atoms with E-state index >= 15 is 0 Å². The second-order valence-electron chi connectivity index (χ2n) is 7.93. The van der Waals surface area contributed by atoms with Crippen molar-refractivity contribution in [3.05, 3.63) is 60.4 Å². The number of hydrogen-bond donors (Lipinski definition) is 2. The van der Waals surface area contributed by atoms with Crippen LogP contribution >= 0.6 is 0 Å². The molecule has 6 nitrogen and oxygen atoms in total. The molecule has 2 N–H and O–H groups in total. The van der Waals surface area contributed by atoms with Crippen LogP contribution in [0.1, 0.15) is 36.2 Å². The molecule has 7 heteroatoms. The number of nitrogens with zero attached hydrogens (tertiary/aromatic N) is 2. The number of ether oxygens (including phenoxy) is 1. The number of fused-ring (bicyclic) bond motifs is 2. The van der Waals surface area contributed by atoms with E-state index < -0.39 is 5.82 Å². The van der Waals surface area contributed by atoms with Gasteiger partial charge in [0.05, 0.1) is 24.0 Å². The fourth-order valence-electron chi connectivity index (χ4n) is 4.79. The van der Waals surface area contributed by atoms with E-state index in [1.54, 1.807) is 24.5 Å². The average Bonchev–Trinajstić information content (AvgIpc) is 3.38. The molecule has 0 atom stereocenters. The molecule has 1 amide bonds. The van der Waals surface area contributed by atoms with Gasteiger partial charge in [-0.15, -0.1) is 0 Å². The number of benzene rings is 1. The Morgan fingerprint density at radius 2 is 1.97 bits per heavy atom. The number of methoxy groups -OCH3 is 1. The maximum atomic E-state index is 14.3. The Kier molecular flexibility index (Phi) is 4.46. The number of carbonyl (C=O) groups is 1. The number of amides is 1. The van der Waals surface area contributed by atoms with Gasteiger partial charge in [0.15, 0.2) is 11.6 Å². The van der Waals surface area contributed by atoms with Gasteiger partial charge in [0.1, 0.15) is 5.69 Å². The molecule has 1 aromatic carbocycles. The largest absolute Gasteiger partial charge is 0.492 e. The molecule has 0 saturated heterocycles. The monoisotopic (exact) mass is 406 g/mol. The van der Waals surface area contributed by atoms with Gasteiger partial charge >= 0.3 is 0 Å². The van der Waals surface area contributed by atoms with Crippen molar-refractivity contribution in [1.82, 2.24) is 14.9 Å². The van der Waals surface area contributed by atoms with Crippen LogP contribution in [0.3, 0.4) is 0 Å². The molecule has 0 radical (unpaired) electrons. The van der Waals surface area contributed by atoms with E-state index in [1.807, 2.05) is 12.1 Å². The van der Waals surface area contributed by atoms with E-state index in [4.69, 9.17) is 4.74 Å². The molecule has 1 aliphatic heterocycles. The number of aromatic nitrogens is 2. The highest BCUT2D eigenvalue weighted by Gasteiger charge is 2.43. The van der Waals surface area contributed by atoms with Gasteiger partial charge < -0.3 is 19.9 Å². The Hall–Kier alpha value is -3.35. The van der Waals surface area contributed by atoms with Crippen LogP contribution in [0, 0.1) is 5.82 Å². The second-order valence-corrected chi connectivity index (χ2v) is 7.93. The van der Waals surface area contributed by atoms with E-state index in [2.05, 4.69) is 26.4 Å². The molecule has 1 fully saturated rings. The third kappa shape index (κ3) is 2.84. The Morgan fingerprint density at radius 1 is 1.20 bits per heavy atom. The maximum absolute atomic E-state index is 14.3. The Labute approximate surface area is 174 Å². The molecular formula is C23H23FN4O2. The molecule has 1 aliphatic carbocycles. The van der Waals surface area contributed by atoms with Crippen molar-refractivity contribution in [3.8, 4) is 16.9 Å².